The first-order valence-corrected chi connectivity index (χ1v) is 6.39. The zero-order valence-corrected chi connectivity index (χ0v) is 10.6. The van der Waals surface area contributed by atoms with Crippen molar-refractivity contribution in [2.24, 2.45) is 5.41 Å². The van der Waals surface area contributed by atoms with Gasteiger partial charge in [-0.3, -0.25) is 0 Å². The summed E-state index contributed by atoms with van der Waals surface area (Å²) in [6.07, 6.45) is 6.52. The number of hydrogen-bond acceptors (Lipinski definition) is 2. The molecule has 0 aromatic rings. The summed E-state index contributed by atoms with van der Waals surface area (Å²) in [4.78, 5) is 0. The van der Waals surface area contributed by atoms with Gasteiger partial charge < -0.3 is 9.47 Å². The van der Waals surface area contributed by atoms with Crippen LogP contribution in [0.25, 0.3) is 0 Å². The highest BCUT2D eigenvalue weighted by Crippen LogP contribution is 2.29. The molecule has 0 aromatic heterocycles. The average Bonchev–Trinajstić information content (AvgIpc) is 2.76. The molecule has 0 N–H and O–H groups in total. The molecule has 90 valence electrons. The molecule has 1 aliphatic heterocycles. The first-order valence-electron chi connectivity index (χ1n) is 6.39. The summed E-state index contributed by atoms with van der Waals surface area (Å²) in [5, 5.41) is 0. The molecule has 0 radical (unpaired) electrons. The van der Waals surface area contributed by atoms with Crippen LogP contribution in [0.4, 0.5) is 0 Å². The van der Waals surface area contributed by atoms with Crippen LogP contribution < -0.4 is 0 Å². The molecule has 1 rings (SSSR count). The summed E-state index contributed by atoms with van der Waals surface area (Å²) in [6.45, 7) is 9.44. The highest BCUT2D eigenvalue weighted by molar-refractivity contribution is 4.74. The van der Waals surface area contributed by atoms with Gasteiger partial charge in [0.05, 0.1) is 19.3 Å². The zero-order chi connectivity index (χ0) is 11.1. The van der Waals surface area contributed by atoms with E-state index in [1.807, 2.05) is 0 Å². The van der Waals surface area contributed by atoms with Gasteiger partial charge in [-0.15, -0.1) is 0 Å². The predicted molar refractivity (Wildman–Crippen MR) is 63.1 cm³/mol. The lowest BCUT2D eigenvalue weighted by atomic mass is 9.83. The van der Waals surface area contributed by atoms with Crippen LogP contribution in [-0.4, -0.2) is 25.9 Å². The fourth-order valence-electron chi connectivity index (χ4n) is 1.92. The standard InChI is InChI=1S/C13H26O2/c1-4-6-8-13(3,5-2)11-15-12-7-9-14-10-12/h12H,4-11H2,1-3H3. The smallest absolute Gasteiger partial charge is 0.0830 e. The van der Waals surface area contributed by atoms with Crippen LogP contribution in [0.3, 0.4) is 0 Å². The van der Waals surface area contributed by atoms with Crippen molar-refractivity contribution in [1.29, 1.82) is 0 Å². The molecule has 2 nitrogen and oxygen atoms in total. The van der Waals surface area contributed by atoms with Gasteiger partial charge in [-0.05, 0) is 24.7 Å². The Hall–Kier alpha value is -0.0800. The Morgan fingerprint density at radius 3 is 2.73 bits per heavy atom. The first kappa shape index (κ1) is 13.0. The Kier molecular flexibility index (Phi) is 5.62. The normalized spacial score (nSPS) is 25.4. The van der Waals surface area contributed by atoms with Crippen LogP contribution in [0.2, 0.25) is 0 Å². The van der Waals surface area contributed by atoms with Crippen LogP contribution >= 0.6 is 0 Å². The highest BCUT2D eigenvalue weighted by Gasteiger charge is 2.25. The van der Waals surface area contributed by atoms with E-state index >= 15 is 0 Å². The SMILES string of the molecule is CCCCC(C)(CC)COC1CCOC1. The van der Waals surface area contributed by atoms with E-state index in [0.29, 0.717) is 11.5 Å². The topological polar surface area (TPSA) is 18.5 Å². The van der Waals surface area contributed by atoms with E-state index in [1.165, 1.54) is 25.7 Å². The van der Waals surface area contributed by atoms with Gasteiger partial charge in [0.25, 0.3) is 0 Å². The third-order valence-corrected chi connectivity index (χ3v) is 3.54. The number of unbranched alkanes of at least 4 members (excludes halogenated alkanes) is 1. The minimum absolute atomic E-state index is 0.359. The fraction of sp³-hybridized carbons (Fsp3) is 1.00. The molecular formula is C13H26O2. The van der Waals surface area contributed by atoms with Gasteiger partial charge in [0.2, 0.25) is 0 Å². The zero-order valence-electron chi connectivity index (χ0n) is 10.6. The van der Waals surface area contributed by atoms with Crippen molar-refractivity contribution in [3.8, 4) is 0 Å². The summed E-state index contributed by atoms with van der Waals surface area (Å²) in [5.41, 5.74) is 0.374. The molecule has 0 aromatic carbocycles. The van der Waals surface area contributed by atoms with Gasteiger partial charge in [-0.2, -0.15) is 0 Å². The first-order chi connectivity index (χ1) is 7.20. The Morgan fingerprint density at radius 2 is 2.20 bits per heavy atom. The second-order valence-corrected chi connectivity index (χ2v) is 5.06. The summed E-state index contributed by atoms with van der Waals surface area (Å²) >= 11 is 0. The molecule has 0 spiro atoms. The molecule has 0 saturated carbocycles. The van der Waals surface area contributed by atoms with Crippen molar-refractivity contribution in [3.63, 3.8) is 0 Å². The fourth-order valence-corrected chi connectivity index (χ4v) is 1.92. The van der Waals surface area contributed by atoms with E-state index < -0.39 is 0 Å². The van der Waals surface area contributed by atoms with E-state index in [2.05, 4.69) is 20.8 Å². The van der Waals surface area contributed by atoms with Gasteiger partial charge >= 0.3 is 0 Å². The van der Waals surface area contributed by atoms with Crippen LogP contribution in [-0.2, 0) is 9.47 Å². The second-order valence-electron chi connectivity index (χ2n) is 5.06. The van der Waals surface area contributed by atoms with E-state index in [9.17, 15) is 0 Å². The van der Waals surface area contributed by atoms with Crippen LogP contribution in [0.15, 0.2) is 0 Å². The minimum atomic E-state index is 0.359. The highest BCUT2D eigenvalue weighted by atomic mass is 16.5. The quantitative estimate of drug-likeness (QED) is 0.646. The average molecular weight is 214 g/mol. The maximum Gasteiger partial charge on any atom is 0.0830 e. The van der Waals surface area contributed by atoms with E-state index in [4.69, 9.17) is 9.47 Å². The predicted octanol–water partition coefficient (Wildman–Crippen LogP) is 3.40. The maximum atomic E-state index is 5.93. The molecule has 0 bridgehead atoms. The van der Waals surface area contributed by atoms with Crippen molar-refractivity contribution in [2.75, 3.05) is 19.8 Å². The number of ether oxygens (including phenoxy) is 2. The maximum absolute atomic E-state index is 5.93. The molecule has 1 aliphatic rings. The van der Waals surface area contributed by atoms with Crippen molar-refractivity contribution in [3.05, 3.63) is 0 Å². The molecule has 1 heterocycles. The molecule has 2 heteroatoms. The summed E-state index contributed by atoms with van der Waals surface area (Å²) in [6, 6.07) is 0. The summed E-state index contributed by atoms with van der Waals surface area (Å²) in [7, 11) is 0. The molecule has 1 fully saturated rings. The van der Waals surface area contributed by atoms with Gasteiger partial charge in [0.15, 0.2) is 0 Å². The Balaban J connectivity index is 2.24. The Labute approximate surface area is 94.3 Å². The minimum Gasteiger partial charge on any atom is -0.379 e. The summed E-state index contributed by atoms with van der Waals surface area (Å²) in [5.74, 6) is 0. The summed E-state index contributed by atoms with van der Waals surface area (Å²) < 4.78 is 11.2. The van der Waals surface area contributed by atoms with E-state index in [-0.39, 0.29) is 0 Å². The lowest BCUT2D eigenvalue weighted by Crippen LogP contribution is -2.26. The number of rotatable bonds is 7. The van der Waals surface area contributed by atoms with Gasteiger partial charge in [0, 0.05) is 6.61 Å². The molecule has 2 unspecified atom stereocenters. The van der Waals surface area contributed by atoms with Crippen LogP contribution in [0.5, 0.6) is 0 Å². The lowest BCUT2D eigenvalue weighted by molar-refractivity contribution is -0.0123. The van der Waals surface area contributed by atoms with E-state index in [1.54, 1.807) is 0 Å². The molecule has 1 saturated heterocycles. The lowest BCUT2D eigenvalue weighted by Gasteiger charge is -2.29. The second kappa shape index (κ2) is 6.49. The van der Waals surface area contributed by atoms with Crippen LogP contribution in [0, 0.1) is 5.41 Å². The molecule has 0 aliphatic carbocycles. The third-order valence-electron chi connectivity index (χ3n) is 3.54. The Bertz CT molecular complexity index is 164. The molecule has 15 heavy (non-hydrogen) atoms. The van der Waals surface area contributed by atoms with Crippen molar-refractivity contribution in [2.45, 2.75) is 59.0 Å². The molecule has 0 amide bonds. The Morgan fingerprint density at radius 1 is 1.40 bits per heavy atom. The van der Waals surface area contributed by atoms with Gasteiger partial charge in [-0.25, -0.2) is 0 Å². The van der Waals surface area contributed by atoms with Gasteiger partial charge in [-0.1, -0.05) is 33.6 Å². The van der Waals surface area contributed by atoms with E-state index in [0.717, 1.165) is 26.2 Å². The van der Waals surface area contributed by atoms with Crippen molar-refractivity contribution >= 4 is 0 Å². The molecular weight excluding hydrogens is 188 g/mol. The third kappa shape index (κ3) is 4.52. The largest absolute Gasteiger partial charge is 0.379 e. The number of hydrogen-bond donors (Lipinski definition) is 0. The monoisotopic (exact) mass is 214 g/mol. The van der Waals surface area contributed by atoms with Gasteiger partial charge in [0.1, 0.15) is 0 Å². The van der Waals surface area contributed by atoms with Crippen LogP contribution in [0.1, 0.15) is 52.9 Å². The van der Waals surface area contributed by atoms with Crippen molar-refractivity contribution in [1.82, 2.24) is 0 Å². The van der Waals surface area contributed by atoms with Crippen molar-refractivity contribution < 1.29 is 9.47 Å². The molecule has 2 atom stereocenters.